The molecular weight excluding hydrogens is 287 g/mol. The zero-order chi connectivity index (χ0) is 16.5. The lowest BCUT2D eigenvalue weighted by Crippen LogP contribution is -2.46. The Balaban J connectivity index is 2.51. The van der Waals surface area contributed by atoms with Crippen molar-refractivity contribution < 1.29 is 14.7 Å². The summed E-state index contributed by atoms with van der Waals surface area (Å²) in [7, 11) is 0. The largest absolute Gasteiger partial charge is 0.508 e. The summed E-state index contributed by atoms with van der Waals surface area (Å²) >= 11 is 0. The van der Waals surface area contributed by atoms with E-state index in [9.17, 15) is 9.50 Å². The summed E-state index contributed by atoms with van der Waals surface area (Å²) in [5.41, 5.74) is 6.69. The Morgan fingerprint density at radius 3 is 2.77 bits per heavy atom. The number of anilines is 1. The number of oxime groups is 1. The molecule has 1 unspecified atom stereocenters. The molecule has 0 fully saturated rings. The SMILES string of the molecule is C/C=C(/C)C1(/C(N)=N/O)CN(c2ccc(O)cc2F)N=C1C. The number of hydrogen-bond donors (Lipinski definition) is 3. The van der Waals surface area contributed by atoms with Crippen LogP contribution in [0.4, 0.5) is 10.1 Å². The van der Waals surface area contributed by atoms with Crippen LogP contribution in [0.5, 0.6) is 5.75 Å². The van der Waals surface area contributed by atoms with Crippen LogP contribution in [0.1, 0.15) is 20.8 Å². The first-order chi connectivity index (χ1) is 10.4. The minimum atomic E-state index is -0.881. The Labute approximate surface area is 128 Å². The van der Waals surface area contributed by atoms with Crippen molar-refractivity contribution >= 4 is 17.2 Å². The minimum Gasteiger partial charge on any atom is -0.508 e. The lowest BCUT2D eigenvalue weighted by molar-refractivity contribution is 0.313. The predicted octanol–water partition coefficient (Wildman–Crippen LogP) is 2.43. The molecule has 0 bridgehead atoms. The van der Waals surface area contributed by atoms with Crippen molar-refractivity contribution in [2.24, 2.45) is 21.4 Å². The fourth-order valence-electron chi connectivity index (χ4n) is 2.70. The maximum Gasteiger partial charge on any atom is 0.157 e. The number of phenolic OH excluding ortho intramolecular Hbond substituents is 1. The van der Waals surface area contributed by atoms with Crippen LogP contribution in [0.3, 0.4) is 0 Å². The van der Waals surface area contributed by atoms with Crippen LogP contribution in [0.15, 0.2) is 40.1 Å². The number of hydrogen-bond acceptors (Lipinski definition) is 5. The van der Waals surface area contributed by atoms with Crippen LogP contribution in [0.25, 0.3) is 0 Å². The van der Waals surface area contributed by atoms with Crippen molar-refractivity contribution in [3.05, 3.63) is 35.7 Å². The summed E-state index contributed by atoms with van der Waals surface area (Å²) in [5.74, 6) is -0.746. The molecule has 22 heavy (non-hydrogen) atoms. The molecule has 4 N–H and O–H groups in total. The highest BCUT2D eigenvalue weighted by Crippen LogP contribution is 2.38. The molecule has 2 rings (SSSR count). The van der Waals surface area contributed by atoms with E-state index in [0.717, 1.165) is 11.6 Å². The molecule has 6 nitrogen and oxygen atoms in total. The van der Waals surface area contributed by atoms with Gasteiger partial charge in [0.1, 0.15) is 11.2 Å². The van der Waals surface area contributed by atoms with Crippen LogP contribution >= 0.6 is 0 Å². The third kappa shape index (κ3) is 2.28. The molecule has 1 atom stereocenters. The molecule has 0 radical (unpaired) electrons. The highest BCUT2D eigenvalue weighted by Gasteiger charge is 2.46. The van der Waals surface area contributed by atoms with Gasteiger partial charge in [0.15, 0.2) is 11.7 Å². The molecule has 0 aromatic heterocycles. The first kappa shape index (κ1) is 15.8. The number of rotatable bonds is 3. The standard InChI is InChI=1S/C15H19FN4O2/c1-4-9(2)15(14(17)19-22)8-20(18-10(15)3)13-6-5-11(21)7-12(13)16/h4-7,21-22H,8H2,1-3H3,(H2,17,19)/b9-4-. The first-order valence-electron chi connectivity index (χ1n) is 6.80. The summed E-state index contributed by atoms with van der Waals surface area (Å²) in [5, 5.41) is 27.4. The van der Waals surface area contributed by atoms with E-state index in [1.807, 2.05) is 19.9 Å². The molecule has 0 aliphatic carbocycles. The van der Waals surface area contributed by atoms with Crippen LogP contribution in [0.2, 0.25) is 0 Å². The van der Waals surface area contributed by atoms with E-state index in [1.165, 1.54) is 17.1 Å². The van der Waals surface area contributed by atoms with Gasteiger partial charge < -0.3 is 16.0 Å². The number of nitrogens with two attached hydrogens (primary N) is 1. The number of benzene rings is 1. The van der Waals surface area contributed by atoms with Gasteiger partial charge in [0.25, 0.3) is 0 Å². The molecule has 118 valence electrons. The zero-order valence-corrected chi connectivity index (χ0v) is 12.7. The van der Waals surface area contributed by atoms with Crippen molar-refractivity contribution in [2.45, 2.75) is 20.8 Å². The van der Waals surface area contributed by atoms with Crippen LogP contribution in [-0.2, 0) is 0 Å². The van der Waals surface area contributed by atoms with Crippen molar-refractivity contribution in [2.75, 3.05) is 11.6 Å². The molecule has 1 aliphatic heterocycles. The molecule has 0 spiro atoms. The fourth-order valence-corrected chi connectivity index (χ4v) is 2.70. The van der Waals surface area contributed by atoms with Crippen LogP contribution in [-0.4, -0.2) is 28.4 Å². The third-order valence-corrected chi connectivity index (χ3v) is 4.14. The molecule has 1 aliphatic rings. The van der Waals surface area contributed by atoms with Gasteiger partial charge in [-0.15, -0.1) is 0 Å². The van der Waals surface area contributed by atoms with Crippen molar-refractivity contribution in [3.63, 3.8) is 0 Å². The van der Waals surface area contributed by atoms with Gasteiger partial charge in [-0.1, -0.05) is 16.8 Å². The van der Waals surface area contributed by atoms with Crippen molar-refractivity contribution in [1.29, 1.82) is 0 Å². The van der Waals surface area contributed by atoms with E-state index in [0.29, 0.717) is 5.71 Å². The Kier molecular flexibility index (Phi) is 4.07. The third-order valence-electron chi connectivity index (χ3n) is 4.14. The second-order valence-corrected chi connectivity index (χ2v) is 5.24. The van der Waals surface area contributed by atoms with E-state index in [-0.39, 0.29) is 23.8 Å². The smallest absolute Gasteiger partial charge is 0.157 e. The van der Waals surface area contributed by atoms with Gasteiger partial charge in [0.05, 0.1) is 17.9 Å². The summed E-state index contributed by atoms with van der Waals surface area (Å²) in [4.78, 5) is 0. The predicted molar refractivity (Wildman–Crippen MR) is 83.8 cm³/mol. The number of amidine groups is 1. The van der Waals surface area contributed by atoms with Gasteiger partial charge >= 0.3 is 0 Å². The summed E-state index contributed by atoms with van der Waals surface area (Å²) in [6, 6.07) is 3.84. The summed E-state index contributed by atoms with van der Waals surface area (Å²) in [6.45, 7) is 5.67. The zero-order valence-electron chi connectivity index (χ0n) is 12.7. The topological polar surface area (TPSA) is 94.4 Å². The van der Waals surface area contributed by atoms with E-state index < -0.39 is 11.2 Å². The Hall–Kier alpha value is -2.57. The second kappa shape index (κ2) is 5.67. The normalized spacial score (nSPS) is 22.9. The average Bonchev–Trinajstić information content (AvgIpc) is 2.83. The highest BCUT2D eigenvalue weighted by molar-refractivity contribution is 6.14. The van der Waals surface area contributed by atoms with E-state index in [2.05, 4.69) is 10.3 Å². The average molecular weight is 306 g/mol. The van der Waals surface area contributed by atoms with Gasteiger partial charge in [-0.3, -0.25) is 5.01 Å². The maximum atomic E-state index is 14.1. The molecule has 0 amide bonds. The van der Waals surface area contributed by atoms with E-state index in [1.54, 1.807) is 6.92 Å². The van der Waals surface area contributed by atoms with Crippen molar-refractivity contribution in [3.8, 4) is 5.75 Å². The van der Waals surface area contributed by atoms with E-state index >= 15 is 0 Å². The quantitative estimate of drug-likeness (QED) is 0.263. The van der Waals surface area contributed by atoms with Gasteiger partial charge in [-0.2, -0.15) is 5.10 Å². The van der Waals surface area contributed by atoms with Gasteiger partial charge in [0, 0.05) is 6.07 Å². The number of halogens is 1. The molecule has 0 saturated carbocycles. The Bertz CT molecular complexity index is 664. The molecule has 1 heterocycles. The monoisotopic (exact) mass is 306 g/mol. The highest BCUT2D eigenvalue weighted by atomic mass is 19.1. The number of phenols is 1. The molecular formula is C15H19FN4O2. The number of hydrazone groups is 1. The molecule has 1 aromatic carbocycles. The number of nitrogens with zero attached hydrogens (tertiary/aromatic N) is 3. The molecule has 1 aromatic rings. The Morgan fingerprint density at radius 1 is 1.55 bits per heavy atom. The Morgan fingerprint density at radius 2 is 2.23 bits per heavy atom. The maximum absolute atomic E-state index is 14.1. The van der Waals surface area contributed by atoms with Gasteiger partial charge in [0.2, 0.25) is 0 Å². The van der Waals surface area contributed by atoms with E-state index in [4.69, 9.17) is 10.9 Å². The lowest BCUT2D eigenvalue weighted by Gasteiger charge is -2.29. The van der Waals surface area contributed by atoms with Gasteiger partial charge in [-0.25, -0.2) is 4.39 Å². The molecule has 0 saturated heterocycles. The number of aromatic hydroxyl groups is 1. The lowest BCUT2D eigenvalue weighted by atomic mass is 9.76. The summed E-state index contributed by atoms with van der Waals surface area (Å²) in [6.07, 6.45) is 1.85. The summed E-state index contributed by atoms with van der Waals surface area (Å²) < 4.78 is 14.1. The van der Waals surface area contributed by atoms with Crippen molar-refractivity contribution in [1.82, 2.24) is 0 Å². The minimum absolute atomic E-state index is 0.00559. The first-order valence-corrected chi connectivity index (χ1v) is 6.80. The van der Waals surface area contributed by atoms with Gasteiger partial charge in [-0.05, 0) is 32.9 Å². The second-order valence-electron chi connectivity index (χ2n) is 5.24. The van der Waals surface area contributed by atoms with Crippen LogP contribution < -0.4 is 10.7 Å². The molecule has 7 heteroatoms. The van der Waals surface area contributed by atoms with Crippen LogP contribution in [0, 0.1) is 11.2 Å². The number of allylic oxidation sites excluding steroid dienone is 1. The fraction of sp³-hybridized carbons (Fsp3) is 0.333.